The smallest absolute Gasteiger partial charge is 0.152 e. The van der Waals surface area contributed by atoms with Crippen molar-refractivity contribution in [3.63, 3.8) is 0 Å². The van der Waals surface area contributed by atoms with Gasteiger partial charge in [0.15, 0.2) is 9.84 Å². The predicted molar refractivity (Wildman–Crippen MR) is 48.9 cm³/mol. The van der Waals surface area contributed by atoms with E-state index in [1.807, 2.05) is 0 Å². The largest absolute Gasteiger partial charge is 0.229 e. The van der Waals surface area contributed by atoms with Crippen molar-refractivity contribution < 1.29 is 8.42 Å². The van der Waals surface area contributed by atoms with Gasteiger partial charge in [0.1, 0.15) is 0 Å². The van der Waals surface area contributed by atoms with Gasteiger partial charge in [-0.25, -0.2) is 8.42 Å². The Bertz CT molecular complexity index is 185. The van der Waals surface area contributed by atoms with E-state index in [0.29, 0.717) is 12.3 Å². The Morgan fingerprint density at radius 3 is 2.18 bits per heavy atom. The van der Waals surface area contributed by atoms with Crippen LogP contribution in [-0.4, -0.2) is 25.3 Å². The molecule has 0 aromatic heterocycles. The average Bonchev–Trinajstić information content (AvgIpc) is 1.88. The maximum absolute atomic E-state index is 11.2. The molecule has 11 heavy (non-hydrogen) atoms. The first-order valence-corrected chi connectivity index (χ1v) is 6.03. The van der Waals surface area contributed by atoms with E-state index >= 15 is 0 Å². The summed E-state index contributed by atoms with van der Waals surface area (Å²) in [7, 11) is -2.83. The number of sulfone groups is 1. The lowest BCUT2D eigenvalue weighted by atomic mass is 10.4. The molecule has 4 heteroatoms. The van der Waals surface area contributed by atoms with Crippen LogP contribution in [0.25, 0.3) is 0 Å². The van der Waals surface area contributed by atoms with Gasteiger partial charge < -0.3 is 0 Å². The van der Waals surface area contributed by atoms with Crippen molar-refractivity contribution in [1.82, 2.24) is 0 Å². The molecule has 0 aliphatic rings. The zero-order chi connectivity index (χ0) is 8.91. The van der Waals surface area contributed by atoms with Gasteiger partial charge in [0, 0.05) is 5.88 Å². The second-order valence-electron chi connectivity index (χ2n) is 2.81. The van der Waals surface area contributed by atoms with Gasteiger partial charge in [0.2, 0.25) is 0 Å². The van der Waals surface area contributed by atoms with Crippen LogP contribution in [0, 0.1) is 0 Å². The van der Waals surface area contributed by atoms with Gasteiger partial charge in [-0.3, -0.25) is 0 Å². The molecule has 0 N–H and O–H groups in total. The predicted octanol–water partition coefficient (Wildman–Crippen LogP) is 1.83. The average molecular weight is 199 g/mol. The number of halogens is 1. The molecule has 0 aliphatic heterocycles. The minimum Gasteiger partial charge on any atom is -0.229 e. The number of unbranched alkanes of at least 4 members (excludes halogenated alkanes) is 1. The van der Waals surface area contributed by atoms with E-state index in [0.717, 1.165) is 6.42 Å². The lowest BCUT2D eigenvalue weighted by Gasteiger charge is -2.05. The first-order valence-electron chi connectivity index (χ1n) is 3.78. The SMILES string of the molecule is CC(C)S(=O)(=O)CCCCCl. The van der Waals surface area contributed by atoms with Gasteiger partial charge in [-0.2, -0.15) is 0 Å². The first-order chi connectivity index (χ1) is 5.00. The van der Waals surface area contributed by atoms with Crippen LogP contribution in [0.5, 0.6) is 0 Å². The third-order valence-electron chi connectivity index (χ3n) is 1.53. The van der Waals surface area contributed by atoms with Crippen molar-refractivity contribution in [2.75, 3.05) is 11.6 Å². The Hall–Kier alpha value is 0.240. The van der Waals surface area contributed by atoms with E-state index in [1.54, 1.807) is 13.8 Å². The fraction of sp³-hybridized carbons (Fsp3) is 1.00. The number of hydrogen-bond acceptors (Lipinski definition) is 2. The molecule has 0 aliphatic carbocycles. The van der Waals surface area contributed by atoms with Crippen molar-refractivity contribution in [3.8, 4) is 0 Å². The summed E-state index contributed by atoms with van der Waals surface area (Å²) in [5, 5.41) is -0.252. The fourth-order valence-corrected chi connectivity index (χ4v) is 1.90. The van der Waals surface area contributed by atoms with Crippen LogP contribution in [-0.2, 0) is 9.84 Å². The first kappa shape index (κ1) is 11.2. The van der Waals surface area contributed by atoms with Crippen molar-refractivity contribution in [1.29, 1.82) is 0 Å². The molecule has 0 atom stereocenters. The van der Waals surface area contributed by atoms with Gasteiger partial charge in [-0.15, -0.1) is 11.6 Å². The molecular formula is C7H15ClO2S. The number of hydrogen-bond donors (Lipinski definition) is 0. The molecule has 0 spiro atoms. The highest BCUT2D eigenvalue weighted by atomic mass is 35.5. The second kappa shape index (κ2) is 4.99. The van der Waals surface area contributed by atoms with E-state index < -0.39 is 9.84 Å². The maximum Gasteiger partial charge on any atom is 0.152 e. The summed E-state index contributed by atoms with van der Waals surface area (Å²) < 4.78 is 22.3. The lowest BCUT2D eigenvalue weighted by molar-refractivity contribution is 0.584. The summed E-state index contributed by atoms with van der Waals surface area (Å²) in [5.41, 5.74) is 0. The Kier molecular flexibility index (Phi) is 5.10. The zero-order valence-electron chi connectivity index (χ0n) is 7.01. The standard InChI is InChI=1S/C7H15ClO2S/c1-7(2)11(9,10)6-4-3-5-8/h7H,3-6H2,1-2H3. The molecule has 68 valence electrons. The van der Waals surface area contributed by atoms with Crippen molar-refractivity contribution in [2.24, 2.45) is 0 Å². The summed E-state index contributed by atoms with van der Waals surface area (Å²) in [5.74, 6) is 0.824. The highest BCUT2D eigenvalue weighted by Gasteiger charge is 2.14. The lowest BCUT2D eigenvalue weighted by Crippen LogP contribution is -2.17. The third-order valence-corrected chi connectivity index (χ3v) is 4.09. The molecule has 0 fully saturated rings. The highest BCUT2D eigenvalue weighted by molar-refractivity contribution is 7.91. The van der Waals surface area contributed by atoms with Gasteiger partial charge in [-0.05, 0) is 26.7 Å². The molecule has 0 aromatic rings. The normalized spacial score (nSPS) is 12.4. The Morgan fingerprint density at radius 2 is 1.82 bits per heavy atom. The van der Waals surface area contributed by atoms with E-state index in [9.17, 15) is 8.42 Å². The van der Waals surface area contributed by atoms with Crippen LogP contribution in [0.4, 0.5) is 0 Å². The molecule has 0 rings (SSSR count). The van der Waals surface area contributed by atoms with Crippen LogP contribution < -0.4 is 0 Å². The third kappa shape index (κ3) is 4.64. The quantitative estimate of drug-likeness (QED) is 0.499. The zero-order valence-corrected chi connectivity index (χ0v) is 8.58. The number of rotatable bonds is 5. The molecule has 2 nitrogen and oxygen atoms in total. The van der Waals surface area contributed by atoms with Gasteiger partial charge >= 0.3 is 0 Å². The minimum atomic E-state index is -2.83. The molecular weight excluding hydrogens is 184 g/mol. The van der Waals surface area contributed by atoms with Gasteiger partial charge in [0.05, 0.1) is 11.0 Å². The molecule has 0 saturated heterocycles. The van der Waals surface area contributed by atoms with Crippen LogP contribution >= 0.6 is 11.6 Å². The van der Waals surface area contributed by atoms with E-state index in [4.69, 9.17) is 11.6 Å². The molecule has 0 amide bonds. The Balaban J connectivity index is 3.75. The minimum absolute atomic E-state index is 0.252. The summed E-state index contributed by atoms with van der Waals surface area (Å²) in [6.45, 7) is 3.41. The molecule has 0 radical (unpaired) electrons. The molecule has 0 aromatic carbocycles. The fourth-order valence-electron chi connectivity index (χ4n) is 0.633. The van der Waals surface area contributed by atoms with Crippen molar-refractivity contribution in [3.05, 3.63) is 0 Å². The van der Waals surface area contributed by atoms with E-state index in [2.05, 4.69) is 0 Å². The summed E-state index contributed by atoms with van der Waals surface area (Å²) in [6.07, 6.45) is 1.47. The summed E-state index contributed by atoms with van der Waals surface area (Å²) in [6, 6.07) is 0. The van der Waals surface area contributed by atoms with Crippen LogP contribution in [0.2, 0.25) is 0 Å². The van der Waals surface area contributed by atoms with E-state index in [-0.39, 0.29) is 11.0 Å². The van der Waals surface area contributed by atoms with Crippen molar-refractivity contribution >= 4 is 21.4 Å². The Morgan fingerprint density at radius 1 is 1.27 bits per heavy atom. The summed E-state index contributed by atoms with van der Waals surface area (Å²) >= 11 is 5.42. The topological polar surface area (TPSA) is 34.1 Å². The molecule has 0 saturated carbocycles. The monoisotopic (exact) mass is 198 g/mol. The highest BCUT2D eigenvalue weighted by Crippen LogP contribution is 2.04. The Labute approximate surface area is 73.9 Å². The van der Waals surface area contributed by atoms with Crippen LogP contribution in [0.3, 0.4) is 0 Å². The maximum atomic E-state index is 11.2. The van der Waals surface area contributed by atoms with E-state index in [1.165, 1.54) is 0 Å². The van der Waals surface area contributed by atoms with Gasteiger partial charge in [0.25, 0.3) is 0 Å². The van der Waals surface area contributed by atoms with Crippen molar-refractivity contribution in [2.45, 2.75) is 31.9 Å². The molecule has 0 bridgehead atoms. The molecule has 0 heterocycles. The molecule has 0 unspecified atom stereocenters. The van der Waals surface area contributed by atoms with Crippen LogP contribution in [0.15, 0.2) is 0 Å². The summed E-state index contributed by atoms with van der Waals surface area (Å²) in [4.78, 5) is 0. The van der Waals surface area contributed by atoms with Gasteiger partial charge in [-0.1, -0.05) is 0 Å². The number of alkyl halides is 1. The second-order valence-corrected chi connectivity index (χ2v) is 5.87. The van der Waals surface area contributed by atoms with Crippen LogP contribution in [0.1, 0.15) is 26.7 Å².